The van der Waals surface area contributed by atoms with Crippen LogP contribution in [0.25, 0.3) is 0 Å². The van der Waals surface area contributed by atoms with Gasteiger partial charge in [-0.3, -0.25) is 4.79 Å². The van der Waals surface area contributed by atoms with E-state index in [2.05, 4.69) is 17.3 Å². The Kier molecular flexibility index (Phi) is 4.88. The lowest BCUT2D eigenvalue weighted by atomic mass is 9.79. The van der Waals surface area contributed by atoms with Gasteiger partial charge in [0.05, 0.1) is 0 Å². The molecule has 21 heavy (non-hydrogen) atoms. The molecule has 0 radical (unpaired) electrons. The molecule has 3 fully saturated rings. The van der Waals surface area contributed by atoms with Crippen molar-refractivity contribution in [2.45, 2.75) is 88.6 Å². The third-order valence-electron chi connectivity index (χ3n) is 6.39. The van der Waals surface area contributed by atoms with E-state index in [-0.39, 0.29) is 5.54 Å². The molecule has 1 N–H and O–H groups in total. The average molecular weight is 292 g/mol. The fourth-order valence-electron chi connectivity index (χ4n) is 5.07. The second kappa shape index (κ2) is 6.68. The molecular formula is C18H32N2O. The molecule has 3 rings (SSSR count). The van der Waals surface area contributed by atoms with Crippen LogP contribution in [0.2, 0.25) is 0 Å². The van der Waals surface area contributed by atoms with E-state index >= 15 is 0 Å². The first kappa shape index (κ1) is 15.3. The van der Waals surface area contributed by atoms with Gasteiger partial charge >= 0.3 is 0 Å². The summed E-state index contributed by atoms with van der Waals surface area (Å²) in [6.07, 6.45) is 14.9. The SMILES string of the molecule is CNC1(CC(=O)N2CCCC2C2CCCC2)CCCCC1. The molecule has 120 valence electrons. The summed E-state index contributed by atoms with van der Waals surface area (Å²) in [7, 11) is 2.05. The van der Waals surface area contributed by atoms with E-state index in [1.165, 1.54) is 70.6 Å². The first-order valence-corrected chi connectivity index (χ1v) is 9.22. The quantitative estimate of drug-likeness (QED) is 0.860. The highest BCUT2D eigenvalue weighted by molar-refractivity contribution is 5.78. The van der Waals surface area contributed by atoms with Crippen LogP contribution in [0, 0.1) is 5.92 Å². The Morgan fingerprint density at radius 1 is 1.05 bits per heavy atom. The van der Waals surface area contributed by atoms with Crippen LogP contribution in [0.4, 0.5) is 0 Å². The minimum absolute atomic E-state index is 0.0954. The van der Waals surface area contributed by atoms with E-state index < -0.39 is 0 Å². The van der Waals surface area contributed by atoms with Crippen LogP contribution in [-0.4, -0.2) is 36.0 Å². The molecule has 1 heterocycles. The van der Waals surface area contributed by atoms with Crippen LogP contribution in [0.5, 0.6) is 0 Å². The summed E-state index contributed by atoms with van der Waals surface area (Å²) in [6.45, 7) is 1.01. The fourth-order valence-corrected chi connectivity index (χ4v) is 5.07. The monoisotopic (exact) mass is 292 g/mol. The molecule has 2 aliphatic carbocycles. The number of hydrogen-bond donors (Lipinski definition) is 1. The summed E-state index contributed by atoms with van der Waals surface area (Å²) in [5, 5.41) is 3.51. The van der Waals surface area contributed by atoms with Crippen LogP contribution in [0.3, 0.4) is 0 Å². The van der Waals surface area contributed by atoms with Crippen LogP contribution in [0.1, 0.15) is 77.0 Å². The van der Waals surface area contributed by atoms with Crippen LogP contribution in [0.15, 0.2) is 0 Å². The fraction of sp³-hybridized carbons (Fsp3) is 0.944. The van der Waals surface area contributed by atoms with Crippen LogP contribution >= 0.6 is 0 Å². The van der Waals surface area contributed by atoms with E-state index in [4.69, 9.17) is 0 Å². The van der Waals surface area contributed by atoms with Gasteiger partial charge in [-0.25, -0.2) is 0 Å². The first-order valence-electron chi connectivity index (χ1n) is 9.22. The lowest BCUT2D eigenvalue weighted by molar-refractivity contribution is -0.134. The van der Waals surface area contributed by atoms with Gasteiger partial charge < -0.3 is 10.2 Å². The first-order chi connectivity index (χ1) is 10.2. The maximum absolute atomic E-state index is 12.9. The Bertz CT molecular complexity index is 356. The van der Waals surface area contributed by atoms with E-state index in [0.717, 1.165) is 18.9 Å². The minimum atomic E-state index is 0.0954. The molecule has 0 aromatic carbocycles. The number of rotatable bonds is 4. The van der Waals surface area contributed by atoms with E-state index in [0.29, 0.717) is 11.9 Å². The van der Waals surface area contributed by atoms with Crippen molar-refractivity contribution in [1.82, 2.24) is 10.2 Å². The molecule has 0 aromatic heterocycles. The third kappa shape index (κ3) is 3.28. The van der Waals surface area contributed by atoms with Gasteiger partial charge in [0, 0.05) is 24.5 Å². The lowest BCUT2D eigenvalue weighted by Gasteiger charge is -2.39. The summed E-state index contributed by atoms with van der Waals surface area (Å²) in [4.78, 5) is 15.2. The summed E-state index contributed by atoms with van der Waals surface area (Å²) < 4.78 is 0. The summed E-state index contributed by atoms with van der Waals surface area (Å²) in [5.74, 6) is 1.23. The second-order valence-corrected chi connectivity index (χ2v) is 7.61. The Morgan fingerprint density at radius 3 is 2.43 bits per heavy atom. The molecule has 1 unspecified atom stereocenters. The molecule has 1 aliphatic heterocycles. The molecule has 1 saturated heterocycles. The topological polar surface area (TPSA) is 32.3 Å². The minimum Gasteiger partial charge on any atom is -0.339 e. The predicted octanol–water partition coefficient (Wildman–Crippen LogP) is 3.48. The second-order valence-electron chi connectivity index (χ2n) is 7.61. The Labute approximate surface area is 129 Å². The van der Waals surface area contributed by atoms with Crippen molar-refractivity contribution in [2.75, 3.05) is 13.6 Å². The Morgan fingerprint density at radius 2 is 1.76 bits per heavy atom. The van der Waals surface area contributed by atoms with E-state index in [9.17, 15) is 4.79 Å². The highest BCUT2D eigenvalue weighted by Crippen LogP contribution is 2.37. The zero-order chi connectivity index (χ0) is 14.7. The molecule has 3 nitrogen and oxygen atoms in total. The van der Waals surface area contributed by atoms with E-state index in [1.54, 1.807) is 0 Å². The summed E-state index contributed by atoms with van der Waals surface area (Å²) >= 11 is 0. The van der Waals surface area contributed by atoms with Gasteiger partial charge in [0.1, 0.15) is 0 Å². The number of carbonyl (C=O) groups is 1. The average Bonchev–Trinajstić information content (AvgIpc) is 3.18. The van der Waals surface area contributed by atoms with Crippen molar-refractivity contribution in [3.05, 3.63) is 0 Å². The zero-order valence-corrected chi connectivity index (χ0v) is 13.7. The van der Waals surface area contributed by atoms with Gasteiger partial charge in [-0.1, -0.05) is 32.1 Å². The molecule has 1 atom stereocenters. The van der Waals surface area contributed by atoms with Crippen molar-refractivity contribution in [2.24, 2.45) is 5.92 Å². The van der Waals surface area contributed by atoms with Gasteiger partial charge in [0.15, 0.2) is 0 Å². The molecule has 0 aromatic rings. The van der Waals surface area contributed by atoms with Crippen molar-refractivity contribution in [3.63, 3.8) is 0 Å². The van der Waals surface area contributed by atoms with Crippen molar-refractivity contribution in [3.8, 4) is 0 Å². The van der Waals surface area contributed by atoms with Crippen molar-refractivity contribution < 1.29 is 4.79 Å². The van der Waals surface area contributed by atoms with Crippen LogP contribution < -0.4 is 5.32 Å². The van der Waals surface area contributed by atoms with Gasteiger partial charge in [0.25, 0.3) is 0 Å². The molecule has 1 amide bonds. The normalized spacial score (nSPS) is 30.0. The third-order valence-corrected chi connectivity index (χ3v) is 6.39. The number of nitrogens with one attached hydrogen (secondary N) is 1. The van der Waals surface area contributed by atoms with Crippen molar-refractivity contribution >= 4 is 5.91 Å². The van der Waals surface area contributed by atoms with Crippen molar-refractivity contribution in [1.29, 1.82) is 0 Å². The lowest BCUT2D eigenvalue weighted by Crippen LogP contribution is -2.50. The summed E-state index contributed by atoms with van der Waals surface area (Å²) in [5.41, 5.74) is 0.0954. The number of likely N-dealkylation sites (tertiary alicyclic amines) is 1. The standard InChI is InChI=1S/C18H32N2O/c1-19-18(11-5-2-6-12-18)14-17(21)20-13-7-10-16(20)15-8-3-4-9-15/h15-16,19H,2-14H2,1H3. The summed E-state index contributed by atoms with van der Waals surface area (Å²) in [6, 6.07) is 0.567. The zero-order valence-electron chi connectivity index (χ0n) is 13.7. The molecule has 3 heteroatoms. The smallest absolute Gasteiger partial charge is 0.224 e. The Hall–Kier alpha value is -0.570. The molecule has 2 saturated carbocycles. The molecule has 0 spiro atoms. The van der Waals surface area contributed by atoms with Gasteiger partial charge in [-0.05, 0) is 51.5 Å². The molecule has 0 bridgehead atoms. The number of nitrogens with zero attached hydrogens (tertiary/aromatic N) is 1. The van der Waals surface area contributed by atoms with Gasteiger partial charge in [-0.15, -0.1) is 0 Å². The highest BCUT2D eigenvalue weighted by Gasteiger charge is 2.39. The van der Waals surface area contributed by atoms with Gasteiger partial charge in [0.2, 0.25) is 5.91 Å². The largest absolute Gasteiger partial charge is 0.339 e. The number of amides is 1. The van der Waals surface area contributed by atoms with E-state index in [1.807, 2.05) is 0 Å². The maximum atomic E-state index is 12.9. The Balaban J connectivity index is 1.63. The maximum Gasteiger partial charge on any atom is 0.224 e. The predicted molar refractivity (Wildman–Crippen MR) is 86.2 cm³/mol. The highest BCUT2D eigenvalue weighted by atomic mass is 16.2. The number of hydrogen-bond acceptors (Lipinski definition) is 2. The van der Waals surface area contributed by atoms with Gasteiger partial charge in [-0.2, -0.15) is 0 Å². The molecule has 3 aliphatic rings. The number of carbonyl (C=O) groups excluding carboxylic acids is 1. The van der Waals surface area contributed by atoms with Crippen LogP contribution in [-0.2, 0) is 4.79 Å². The molecular weight excluding hydrogens is 260 g/mol.